The lowest BCUT2D eigenvalue weighted by atomic mass is 10.0. The summed E-state index contributed by atoms with van der Waals surface area (Å²) in [6.07, 6.45) is 9.58. The molecule has 146 valence electrons. The molecule has 0 spiro atoms. The molecule has 0 aliphatic heterocycles. The Hall–Kier alpha value is -1.49. The molecule has 0 radical (unpaired) electrons. The molecule has 26 heavy (non-hydrogen) atoms. The van der Waals surface area contributed by atoms with Crippen LogP contribution in [0.1, 0.15) is 89.2 Å². The van der Waals surface area contributed by atoms with Crippen LogP contribution in [0.3, 0.4) is 0 Å². The molecule has 0 aromatic carbocycles. The zero-order chi connectivity index (χ0) is 20.1. The minimum atomic E-state index is 0.519. The summed E-state index contributed by atoms with van der Waals surface area (Å²) in [6.45, 7) is 16.9. The van der Waals surface area contributed by atoms with E-state index in [1.54, 1.807) is 18.1 Å². The van der Waals surface area contributed by atoms with Crippen LogP contribution in [0.5, 0.6) is 0 Å². The molecule has 4 nitrogen and oxygen atoms in total. The monoisotopic (exact) mass is 376 g/mol. The van der Waals surface area contributed by atoms with Gasteiger partial charge in [-0.1, -0.05) is 60.2 Å². The summed E-state index contributed by atoms with van der Waals surface area (Å²) in [7, 11) is 0. The molecule has 0 saturated carbocycles. The van der Waals surface area contributed by atoms with Crippen LogP contribution in [0.15, 0.2) is 23.9 Å². The van der Waals surface area contributed by atoms with Crippen LogP contribution in [-0.2, 0) is 6.42 Å². The number of rotatable bonds is 5. The number of thioether (sulfide) groups is 1. The Morgan fingerprint density at radius 1 is 1.04 bits per heavy atom. The second kappa shape index (κ2) is 13.7. The minimum Gasteiger partial charge on any atom is -0.245 e. The maximum absolute atomic E-state index is 4.48. The Labute approximate surface area is 164 Å². The van der Waals surface area contributed by atoms with Gasteiger partial charge in [0.25, 0.3) is 0 Å². The van der Waals surface area contributed by atoms with Crippen LogP contribution in [0.25, 0.3) is 0 Å². The zero-order valence-corrected chi connectivity index (χ0v) is 18.8. The van der Waals surface area contributed by atoms with E-state index in [1.807, 2.05) is 32.5 Å². The fourth-order valence-electron chi connectivity index (χ4n) is 2.39. The first-order valence-electron chi connectivity index (χ1n) is 9.60. The lowest BCUT2D eigenvalue weighted by Gasteiger charge is -2.10. The molecule has 2 rings (SSSR count). The third-order valence-electron chi connectivity index (χ3n) is 4.03. The van der Waals surface area contributed by atoms with Crippen LogP contribution in [0.4, 0.5) is 0 Å². The van der Waals surface area contributed by atoms with E-state index in [4.69, 9.17) is 0 Å². The van der Waals surface area contributed by atoms with E-state index in [-0.39, 0.29) is 0 Å². The standard InChI is InChI=1S/C10H16N2S.C9H14N2.C2H6/c1-5-9-8(7(2)3)6-11-10(12-9)13-4;1-4-7(2)9-8(3)5-10-6-11-9;1-2/h6-7H,5H2,1-4H3;5-7H,4H2,1-3H3;1-2H3. The van der Waals surface area contributed by atoms with Crippen molar-refractivity contribution < 1.29 is 0 Å². The van der Waals surface area contributed by atoms with Gasteiger partial charge in [-0.2, -0.15) is 0 Å². The van der Waals surface area contributed by atoms with Crippen molar-refractivity contribution >= 4 is 11.8 Å². The van der Waals surface area contributed by atoms with Crippen LogP contribution in [0, 0.1) is 6.92 Å². The van der Waals surface area contributed by atoms with Crippen molar-refractivity contribution in [3.63, 3.8) is 0 Å². The molecule has 0 aliphatic rings. The maximum Gasteiger partial charge on any atom is 0.187 e. The third-order valence-corrected chi connectivity index (χ3v) is 4.59. The van der Waals surface area contributed by atoms with Crippen molar-refractivity contribution in [3.05, 3.63) is 41.2 Å². The second-order valence-electron chi connectivity index (χ2n) is 6.17. The summed E-state index contributed by atoms with van der Waals surface area (Å²) in [5.74, 6) is 1.07. The summed E-state index contributed by atoms with van der Waals surface area (Å²) in [5, 5.41) is 0.876. The lowest BCUT2D eigenvalue weighted by Crippen LogP contribution is -2.01. The van der Waals surface area contributed by atoms with Gasteiger partial charge in [0, 0.05) is 23.8 Å². The van der Waals surface area contributed by atoms with E-state index < -0.39 is 0 Å². The van der Waals surface area contributed by atoms with Gasteiger partial charge in [-0.25, -0.2) is 19.9 Å². The van der Waals surface area contributed by atoms with Crippen LogP contribution in [-0.4, -0.2) is 26.2 Å². The number of aromatic nitrogens is 4. The van der Waals surface area contributed by atoms with Gasteiger partial charge >= 0.3 is 0 Å². The van der Waals surface area contributed by atoms with Crippen molar-refractivity contribution in [2.24, 2.45) is 0 Å². The van der Waals surface area contributed by atoms with Crippen molar-refractivity contribution in [1.29, 1.82) is 0 Å². The van der Waals surface area contributed by atoms with Gasteiger partial charge in [0.2, 0.25) is 0 Å². The topological polar surface area (TPSA) is 51.6 Å². The summed E-state index contributed by atoms with van der Waals surface area (Å²) >= 11 is 1.60. The molecule has 0 bridgehead atoms. The summed E-state index contributed by atoms with van der Waals surface area (Å²) < 4.78 is 0. The molecule has 0 fully saturated rings. The maximum atomic E-state index is 4.48. The van der Waals surface area contributed by atoms with Gasteiger partial charge in [0.15, 0.2) is 5.16 Å². The molecular formula is C21H36N4S. The Morgan fingerprint density at radius 3 is 2.15 bits per heavy atom. The number of aryl methyl sites for hydroxylation is 2. The fourth-order valence-corrected chi connectivity index (χ4v) is 2.75. The first kappa shape index (κ1) is 24.5. The highest BCUT2D eigenvalue weighted by atomic mass is 32.2. The van der Waals surface area contributed by atoms with Gasteiger partial charge in [0.05, 0.1) is 0 Å². The van der Waals surface area contributed by atoms with Crippen molar-refractivity contribution in [2.75, 3.05) is 6.26 Å². The lowest BCUT2D eigenvalue weighted by molar-refractivity contribution is 0.697. The quantitative estimate of drug-likeness (QED) is 0.458. The Balaban J connectivity index is 0.000000444. The van der Waals surface area contributed by atoms with Crippen LogP contribution >= 0.6 is 11.8 Å². The highest BCUT2D eigenvalue weighted by Crippen LogP contribution is 2.20. The molecule has 0 aliphatic carbocycles. The average molecular weight is 377 g/mol. The first-order valence-corrected chi connectivity index (χ1v) is 10.8. The largest absolute Gasteiger partial charge is 0.245 e. The third kappa shape index (κ3) is 7.81. The molecular weight excluding hydrogens is 340 g/mol. The SMILES string of the molecule is CC.CCC(C)c1ncncc1C.CCc1nc(SC)ncc1C(C)C. The number of hydrogen-bond donors (Lipinski definition) is 0. The Morgan fingerprint density at radius 2 is 1.69 bits per heavy atom. The summed E-state index contributed by atoms with van der Waals surface area (Å²) in [5.41, 5.74) is 4.85. The zero-order valence-electron chi connectivity index (χ0n) is 18.0. The van der Waals surface area contributed by atoms with Gasteiger partial charge in [-0.05, 0) is 49.0 Å². The predicted molar refractivity (Wildman–Crippen MR) is 114 cm³/mol. The van der Waals surface area contributed by atoms with Gasteiger partial charge in [0.1, 0.15) is 6.33 Å². The molecule has 2 aromatic rings. The molecule has 2 heterocycles. The van der Waals surface area contributed by atoms with E-state index in [0.717, 1.165) is 18.0 Å². The molecule has 1 unspecified atom stereocenters. The van der Waals surface area contributed by atoms with Crippen LogP contribution in [0.2, 0.25) is 0 Å². The Kier molecular flexibility index (Phi) is 12.9. The summed E-state index contributed by atoms with van der Waals surface area (Å²) in [4.78, 5) is 17.0. The molecule has 0 saturated heterocycles. The van der Waals surface area contributed by atoms with Crippen molar-refractivity contribution in [1.82, 2.24) is 19.9 Å². The number of hydrogen-bond acceptors (Lipinski definition) is 5. The fraction of sp³-hybridized carbons (Fsp3) is 0.619. The predicted octanol–water partition coefficient (Wildman–Crippen LogP) is 6.21. The van der Waals surface area contributed by atoms with E-state index in [0.29, 0.717) is 11.8 Å². The van der Waals surface area contributed by atoms with E-state index in [2.05, 4.69) is 61.5 Å². The average Bonchev–Trinajstić information content (AvgIpc) is 2.69. The normalized spacial score (nSPS) is 11.2. The molecule has 2 aromatic heterocycles. The number of nitrogens with zero attached hydrogens (tertiary/aromatic N) is 4. The van der Waals surface area contributed by atoms with Gasteiger partial charge in [-0.3, -0.25) is 0 Å². The summed E-state index contributed by atoms with van der Waals surface area (Å²) in [6, 6.07) is 0. The van der Waals surface area contributed by atoms with E-state index in [9.17, 15) is 0 Å². The van der Waals surface area contributed by atoms with Crippen LogP contribution < -0.4 is 0 Å². The van der Waals surface area contributed by atoms with E-state index in [1.165, 1.54) is 22.5 Å². The molecule has 0 N–H and O–H groups in total. The smallest absolute Gasteiger partial charge is 0.187 e. The van der Waals surface area contributed by atoms with Gasteiger partial charge in [-0.15, -0.1) is 0 Å². The van der Waals surface area contributed by atoms with E-state index >= 15 is 0 Å². The molecule has 0 amide bonds. The Bertz CT molecular complexity index is 629. The second-order valence-corrected chi connectivity index (χ2v) is 6.94. The highest BCUT2D eigenvalue weighted by molar-refractivity contribution is 7.98. The molecule has 5 heteroatoms. The van der Waals surface area contributed by atoms with Gasteiger partial charge < -0.3 is 0 Å². The first-order chi connectivity index (χ1) is 12.4. The van der Waals surface area contributed by atoms with Crippen molar-refractivity contribution in [2.45, 2.75) is 85.2 Å². The minimum absolute atomic E-state index is 0.519. The van der Waals surface area contributed by atoms with Crippen molar-refractivity contribution in [3.8, 4) is 0 Å². The highest BCUT2D eigenvalue weighted by Gasteiger charge is 2.08. The molecule has 1 atom stereocenters.